The zero-order valence-corrected chi connectivity index (χ0v) is 21.2. The SMILES string of the molecule is CCCCOc1ccc(S(=O)(=O)N2CCC(NC[C@H](O)COc3cccc4[nH]c(=O)[nH]c34)CC2)cc1. The number of aliphatic hydroxyl groups excluding tert-OH is 1. The Morgan fingerprint density at radius 3 is 2.58 bits per heavy atom. The number of aromatic nitrogens is 2. The lowest BCUT2D eigenvalue weighted by atomic mass is 10.1. The number of nitrogens with zero attached hydrogens (tertiary/aromatic N) is 1. The number of aromatic amines is 2. The summed E-state index contributed by atoms with van der Waals surface area (Å²) in [5.41, 5.74) is 0.892. The van der Waals surface area contributed by atoms with Crippen LogP contribution in [0, 0.1) is 0 Å². The van der Waals surface area contributed by atoms with Crippen molar-refractivity contribution in [2.75, 3.05) is 32.8 Å². The Kier molecular flexibility index (Phi) is 8.68. The highest BCUT2D eigenvalue weighted by Gasteiger charge is 2.29. The van der Waals surface area contributed by atoms with Crippen molar-refractivity contribution in [2.24, 2.45) is 0 Å². The molecule has 0 spiro atoms. The molecule has 0 bridgehead atoms. The highest BCUT2D eigenvalue weighted by atomic mass is 32.2. The van der Waals surface area contributed by atoms with Gasteiger partial charge in [-0.3, -0.25) is 0 Å². The van der Waals surface area contributed by atoms with E-state index in [1.165, 1.54) is 4.31 Å². The smallest absolute Gasteiger partial charge is 0.323 e. The van der Waals surface area contributed by atoms with Crippen LogP contribution < -0.4 is 20.5 Å². The molecular weight excluding hydrogens is 484 g/mol. The Labute approximate surface area is 210 Å². The van der Waals surface area contributed by atoms with Crippen LogP contribution in [0.2, 0.25) is 0 Å². The number of benzene rings is 2. The van der Waals surface area contributed by atoms with Crippen LogP contribution in [0.4, 0.5) is 0 Å². The number of fused-ring (bicyclic) bond motifs is 1. The molecule has 1 fully saturated rings. The predicted octanol–water partition coefficient (Wildman–Crippen LogP) is 2.22. The monoisotopic (exact) mass is 518 g/mol. The zero-order chi connectivity index (χ0) is 25.5. The minimum Gasteiger partial charge on any atom is -0.494 e. The number of hydrogen-bond acceptors (Lipinski definition) is 7. The summed E-state index contributed by atoms with van der Waals surface area (Å²) in [4.78, 5) is 17.1. The quantitative estimate of drug-likeness (QED) is 0.270. The van der Waals surface area contributed by atoms with Gasteiger partial charge in [-0.1, -0.05) is 19.4 Å². The summed E-state index contributed by atoms with van der Waals surface area (Å²) in [6.45, 7) is 3.90. The van der Waals surface area contributed by atoms with Crippen molar-refractivity contribution >= 4 is 21.1 Å². The van der Waals surface area contributed by atoms with Gasteiger partial charge in [-0.2, -0.15) is 4.31 Å². The number of para-hydroxylation sites is 1. The molecule has 196 valence electrons. The number of hydrogen-bond donors (Lipinski definition) is 4. The van der Waals surface area contributed by atoms with E-state index in [-0.39, 0.29) is 23.2 Å². The van der Waals surface area contributed by atoms with Gasteiger partial charge in [-0.25, -0.2) is 13.2 Å². The fourth-order valence-corrected chi connectivity index (χ4v) is 5.66. The standard InChI is InChI=1S/C25H34N4O6S/c1-2-3-15-34-20-7-9-21(10-8-20)36(32,33)29-13-11-18(12-14-29)26-16-19(30)17-35-23-6-4-5-22-24(23)28-25(31)27-22/h4-10,18-19,26,30H,2-3,11-17H2,1H3,(H2,27,28,31)/t19-/m0/s1. The van der Waals surface area contributed by atoms with Gasteiger partial charge >= 0.3 is 5.69 Å². The first-order valence-electron chi connectivity index (χ1n) is 12.3. The average molecular weight is 519 g/mol. The van der Waals surface area contributed by atoms with E-state index in [1.54, 1.807) is 42.5 Å². The molecule has 10 nitrogen and oxygen atoms in total. The molecule has 1 aromatic heterocycles. The van der Waals surface area contributed by atoms with Crippen LogP contribution in [0.5, 0.6) is 11.5 Å². The Morgan fingerprint density at radius 1 is 1.11 bits per heavy atom. The number of ether oxygens (including phenoxy) is 2. The molecule has 0 saturated carbocycles. The zero-order valence-electron chi connectivity index (χ0n) is 20.4. The lowest BCUT2D eigenvalue weighted by molar-refractivity contribution is 0.101. The molecule has 1 aliphatic rings. The fraction of sp³-hybridized carbons (Fsp3) is 0.480. The van der Waals surface area contributed by atoms with Crippen molar-refractivity contribution in [1.82, 2.24) is 19.6 Å². The lowest BCUT2D eigenvalue weighted by Crippen LogP contribution is -2.47. The van der Waals surface area contributed by atoms with Crippen molar-refractivity contribution in [3.8, 4) is 11.5 Å². The first-order valence-corrected chi connectivity index (χ1v) is 13.8. The molecule has 4 rings (SSSR count). The van der Waals surface area contributed by atoms with Gasteiger partial charge in [0.15, 0.2) is 0 Å². The normalized spacial score (nSPS) is 16.3. The van der Waals surface area contributed by atoms with Crippen LogP contribution in [-0.2, 0) is 10.0 Å². The third-order valence-electron chi connectivity index (χ3n) is 6.27. The molecule has 11 heteroatoms. The molecule has 1 atom stereocenters. The summed E-state index contributed by atoms with van der Waals surface area (Å²) in [5.74, 6) is 1.16. The van der Waals surface area contributed by atoms with Crippen molar-refractivity contribution in [2.45, 2.75) is 49.6 Å². The van der Waals surface area contributed by atoms with E-state index in [2.05, 4.69) is 22.2 Å². The summed E-state index contributed by atoms with van der Waals surface area (Å²) < 4.78 is 38.9. The minimum absolute atomic E-state index is 0.0602. The van der Waals surface area contributed by atoms with Crippen LogP contribution >= 0.6 is 0 Å². The maximum absolute atomic E-state index is 13.0. The van der Waals surface area contributed by atoms with Crippen molar-refractivity contribution in [3.05, 3.63) is 52.9 Å². The number of aliphatic hydroxyl groups is 1. The number of piperidine rings is 1. The third kappa shape index (κ3) is 6.47. The molecule has 1 aliphatic heterocycles. The Balaban J connectivity index is 1.21. The second-order valence-electron chi connectivity index (χ2n) is 8.98. The summed E-state index contributed by atoms with van der Waals surface area (Å²) in [6, 6.07) is 12.0. The van der Waals surface area contributed by atoms with Gasteiger partial charge in [-0.15, -0.1) is 0 Å². The Bertz CT molecular complexity index is 1280. The molecule has 3 aromatic rings. The van der Waals surface area contributed by atoms with E-state index in [9.17, 15) is 18.3 Å². The Hall–Kier alpha value is -2.86. The second kappa shape index (κ2) is 11.9. The van der Waals surface area contributed by atoms with Gasteiger partial charge in [0, 0.05) is 25.7 Å². The van der Waals surface area contributed by atoms with E-state index < -0.39 is 16.1 Å². The summed E-state index contributed by atoms with van der Waals surface area (Å²) in [6.07, 6.45) is 2.53. The molecule has 2 heterocycles. The van der Waals surface area contributed by atoms with Crippen molar-refractivity contribution in [3.63, 3.8) is 0 Å². The number of unbranched alkanes of at least 4 members (excludes halogenated alkanes) is 1. The number of nitrogens with one attached hydrogen (secondary N) is 3. The number of H-pyrrole nitrogens is 2. The van der Waals surface area contributed by atoms with Crippen LogP contribution in [0.15, 0.2) is 52.2 Å². The molecule has 0 unspecified atom stereocenters. The molecule has 0 amide bonds. The number of imidazole rings is 1. The maximum atomic E-state index is 13.0. The molecule has 2 aromatic carbocycles. The van der Waals surface area contributed by atoms with Gasteiger partial charge in [-0.05, 0) is 55.7 Å². The van der Waals surface area contributed by atoms with E-state index in [0.29, 0.717) is 61.6 Å². The van der Waals surface area contributed by atoms with E-state index in [1.807, 2.05) is 0 Å². The third-order valence-corrected chi connectivity index (χ3v) is 8.18. The summed E-state index contributed by atoms with van der Waals surface area (Å²) in [5, 5.41) is 13.7. The average Bonchev–Trinajstić information content (AvgIpc) is 3.27. The minimum atomic E-state index is -3.56. The first kappa shape index (κ1) is 26.2. The molecular formula is C25H34N4O6S. The maximum Gasteiger partial charge on any atom is 0.323 e. The van der Waals surface area contributed by atoms with Crippen LogP contribution in [0.1, 0.15) is 32.6 Å². The summed E-state index contributed by atoms with van der Waals surface area (Å²) in [7, 11) is -3.56. The van der Waals surface area contributed by atoms with Crippen molar-refractivity contribution in [1.29, 1.82) is 0 Å². The van der Waals surface area contributed by atoms with Crippen LogP contribution in [0.25, 0.3) is 11.0 Å². The predicted molar refractivity (Wildman–Crippen MR) is 137 cm³/mol. The highest BCUT2D eigenvalue weighted by Crippen LogP contribution is 2.24. The van der Waals surface area contributed by atoms with Gasteiger partial charge in [0.25, 0.3) is 0 Å². The van der Waals surface area contributed by atoms with E-state index in [0.717, 1.165) is 12.8 Å². The molecule has 0 aliphatic carbocycles. The Morgan fingerprint density at radius 2 is 1.86 bits per heavy atom. The second-order valence-corrected chi connectivity index (χ2v) is 10.9. The van der Waals surface area contributed by atoms with Gasteiger partial charge < -0.3 is 29.9 Å². The number of rotatable bonds is 12. The topological polar surface area (TPSA) is 137 Å². The largest absolute Gasteiger partial charge is 0.494 e. The molecule has 4 N–H and O–H groups in total. The van der Waals surface area contributed by atoms with E-state index >= 15 is 0 Å². The van der Waals surface area contributed by atoms with Gasteiger partial charge in [0.1, 0.15) is 29.7 Å². The fourth-order valence-electron chi connectivity index (χ4n) is 4.19. The number of sulfonamides is 1. The molecule has 0 radical (unpaired) electrons. The first-order chi connectivity index (χ1) is 17.4. The molecule has 1 saturated heterocycles. The van der Waals surface area contributed by atoms with E-state index in [4.69, 9.17) is 9.47 Å². The lowest BCUT2D eigenvalue weighted by Gasteiger charge is -2.32. The highest BCUT2D eigenvalue weighted by molar-refractivity contribution is 7.89. The van der Waals surface area contributed by atoms with Crippen molar-refractivity contribution < 1.29 is 23.0 Å². The van der Waals surface area contributed by atoms with Crippen LogP contribution in [-0.4, -0.2) is 72.8 Å². The van der Waals surface area contributed by atoms with Gasteiger partial charge in [0.05, 0.1) is 17.0 Å². The van der Waals surface area contributed by atoms with Crippen LogP contribution in [0.3, 0.4) is 0 Å². The van der Waals surface area contributed by atoms with Gasteiger partial charge in [0.2, 0.25) is 10.0 Å². The molecule has 36 heavy (non-hydrogen) atoms. The summed E-state index contributed by atoms with van der Waals surface area (Å²) >= 11 is 0.